The van der Waals surface area contributed by atoms with Crippen molar-refractivity contribution in [3.8, 4) is 5.75 Å². The molecule has 1 aromatic heterocycles. The van der Waals surface area contributed by atoms with Gasteiger partial charge in [-0.3, -0.25) is 4.79 Å². The van der Waals surface area contributed by atoms with Crippen LogP contribution in [0.4, 0.5) is 0 Å². The molecule has 136 valence electrons. The molecule has 4 heteroatoms. The van der Waals surface area contributed by atoms with Crippen molar-refractivity contribution in [3.63, 3.8) is 0 Å². The van der Waals surface area contributed by atoms with Gasteiger partial charge in [-0.25, -0.2) is 0 Å². The van der Waals surface area contributed by atoms with E-state index in [9.17, 15) is 4.79 Å². The molecule has 0 aliphatic heterocycles. The Kier molecular flexibility index (Phi) is 5.21. The summed E-state index contributed by atoms with van der Waals surface area (Å²) in [5.74, 6) is 0.756. The molecule has 0 radical (unpaired) electrons. The molecule has 4 rings (SSSR count). The predicted octanol–water partition coefficient (Wildman–Crippen LogP) is 4.64. The van der Waals surface area contributed by atoms with Gasteiger partial charge >= 0.3 is 0 Å². The van der Waals surface area contributed by atoms with E-state index in [4.69, 9.17) is 9.15 Å². The Bertz CT molecular complexity index is 943. The number of fused-ring (bicyclic) bond motifs is 2. The van der Waals surface area contributed by atoms with Gasteiger partial charge in [0, 0.05) is 12.1 Å². The van der Waals surface area contributed by atoms with E-state index in [1.807, 2.05) is 30.3 Å². The van der Waals surface area contributed by atoms with E-state index in [2.05, 4.69) is 5.32 Å². The van der Waals surface area contributed by atoms with Crippen molar-refractivity contribution < 1.29 is 9.15 Å². The van der Waals surface area contributed by atoms with Crippen molar-refractivity contribution in [2.24, 2.45) is 0 Å². The first-order valence-electron chi connectivity index (χ1n) is 9.63. The van der Waals surface area contributed by atoms with E-state index in [0.29, 0.717) is 28.5 Å². The van der Waals surface area contributed by atoms with Crippen molar-refractivity contribution in [2.75, 3.05) is 13.2 Å². The summed E-state index contributed by atoms with van der Waals surface area (Å²) in [5.41, 5.74) is 1.20. The van der Waals surface area contributed by atoms with Gasteiger partial charge in [-0.2, -0.15) is 0 Å². The zero-order valence-corrected chi connectivity index (χ0v) is 15.0. The van der Waals surface area contributed by atoms with Crippen LogP contribution in [0, 0.1) is 0 Å². The number of unbranched alkanes of at least 4 members (excludes halogenated alkanes) is 3. The fourth-order valence-corrected chi connectivity index (χ4v) is 3.24. The number of hydrogen-bond acceptors (Lipinski definition) is 4. The first-order valence-corrected chi connectivity index (χ1v) is 9.63. The summed E-state index contributed by atoms with van der Waals surface area (Å²) in [6, 6.07) is 13.6. The lowest BCUT2D eigenvalue weighted by atomic mass is 10.1. The zero-order valence-electron chi connectivity index (χ0n) is 15.0. The topological polar surface area (TPSA) is 51.5 Å². The second-order valence-corrected chi connectivity index (χ2v) is 7.08. The van der Waals surface area contributed by atoms with Crippen LogP contribution in [-0.2, 0) is 0 Å². The molecule has 0 atom stereocenters. The highest BCUT2D eigenvalue weighted by Gasteiger charge is 2.19. The molecule has 1 fully saturated rings. The van der Waals surface area contributed by atoms with E-state index in [0.717, 1.165) is 24.8 Å². The Labute approximate surface area is 153 Å². The molecular weight excluding hydrogens is 326 g/mol. The van der Waals surface area contributed by atoms with Crippen LogP contribution in [0.5, 0.6) is 5.75 Å². The molecule has 1 aliphatic rings. The Hall–Kier alpha value is -2.33. The van der Waals surface area contributed by atoms with E-state index >= 15 is 0 Å². The first kappa shape index (κ1) is 17.1. The van der Waals surface area contributed by atoms with Gasteiger partial charge in [-0.15, -0.1) is 0 Å². The van der Waals surface area contributed by atoms with Crippen LogP contribution in [0.3, 0.4) is 0 Å². The summed E-state index contributed by atoms with van der Waals surface area (Å²) in [5, 5.41) is 4.75. The largest absolute Gasteiger partial charge is 0.493 e. The fraction of sp³-hybridized carbons (Fsp3) is 0.409. The van der Waals surface area contributed by atoms with E-state index < -0.39 is 0 Å². The minimum atomic E-state index is 0.00760. The standard InChI is InChI=1S/C22H25NO3/c24-22-18-7-3-4-8-20(18)26-21-15-17(11-12-19(21)22)25-14-6-2-1-5-13-23-16-9-10-16/h3-4,7-8,11-12,15-16,23H,1-2,5-6,9-10,13-14H2. The summed E-state index contributed by atoms with van der Waals surface area (Å²) in [4.78, 5) is 12.5. The van der Waals surface area contributed by atoms with Gasteiger partial charge in [0.05, 0.1) is 17.4 Å². The van der Waals surface area contributed by atoms with Gasteiger partial charge in [0.1, 0.15) is 16.9 Å². The fourth-order valence-electron chi connectivity index (χ4n) is 3.24. The molecule has 0 amide bonds. The number of nitrogens with one attached hydrogen (secondary N) is 1. The average molecular weight is 351 g/mol. The molecule has 0 spiro atoms. The predicted molar refractivity (Wildman–Crippen MR) is 105 cm³/mol. The molecule has 2 aromatic carbocycles. The molecule has 26 heavy (non-hydrogen) atoms. The number of ether oxygens (including phenoxy) is 1. The molecular formula is C22H25NO3. The highest BCUT2D eigenvalue weighted by molar-refractivity contribution is 5.90. The van der Waals surface area contributed by atoms with Gasteiger partial charge in [-0.1, -0.05) is 25.0 Å². The van der Waals surface area contributed by atoms with Crippen LogP contribution in [0.25, 0.3) is 21.9 Å². The Morgan fingerprint density at radius 1 is 0.962 bits per heavy atom. The van der Waals surface area contributed by atoms with Crippen LogP contribution in [-0.4, -0.2) is 19.2 Å². The van der Waals surface area contributed by atoms with Crippen LogP contribution in [0.15, 0.2) is 51.7 Å². The number of para-hydroxylation sites is 1. The molecule has 1 heterocycles. The second-order valence-electron chi connectivity index (χ2n) is 7.08. The van der Waals surface area contributed by atoms with Gasteiger partial charge in [0.25, 0.3) is 0 Å². The molecule has 0 unspecified atom stereocenters. The molecule has 1 N–H and O–H groups in total. The zero-order chi connectivity index (χ0) is 17.8. The van der Waals surface area contributed by atoms with E-state index in [1.165, 1.54) is 32.1 Å². The lowest BCUT2D eigenvalue weighted by Gasteiger charge is -2.08. The van der Waals surface area contributed by atoms with E-state index in [-0.39, 0.29) is 5.43 Å². The smallest absolute Gasteiger partial charge is 0.200 e. The third-order valence-corrected chi connectivity index (χ3v) is 4.90. The molecule has 1 aliphatic carbocycles. The highest BCUT2D eigenvalue weighted by atomic mass is 16.5. The lowest BCUT2D eigenvalue weighted by Crippen LogP contribution is -2.17. The summed E-state index contributed by atoms with van der Waals surface area (Å²) in [6.45, 7) is 1.84. The van der Waals surface area contributed by atoms with Gasteiger partial charge in [0.2, 0.25) is 5.43 Å². The number of benzene rings is 2. The van der Waals surface area contributed by atoms with Crippen molar-refractivity contribution in [3.05, 3.63) is 52.7 Å². The van der Waals surface area contributed by atoms with Gasteiger partial charge < -0.3 is 14.5 Å². The molecule has 3 aromatic rings. The Morgan fingerprint density at radius 3 is 2.65 bits per heavy atom. The monoisotopic (exact) mass is 351 g/mol. The highest BCUT2D eigenvalue weighted by Crippen LogP contribution is 2.23. The Morgan fingerprint density at radius 2 is 1.77 bits per heavy atom. The van der Waals surface area contributed by atoms with E-state index in [1.54, 1.807) is 12.1 Å². The summed E-state index contributed by atoms with van der Waals surface area (Å²) in [6.07, 6.45) is 7.42. The van der Waals surface area contributed by atoms with Crippen LogP contribution in [0.2, 0.25) is 0 Å². The molecule has 0 saturated heterocycles. The summed E-state index contributed by atoms with van der Waals surface area (Å²) >= 11 is 0. The first-order chi connectivity index (χ1) is 12.8. The van der Waals surface area contributed by atoms with Crippen LogP contribution in [0.1, 0.15) is 38.5 Å². The van der Waals surface area contributed by atoms with Gasteiger partial charge in [0.15, 0.2) is 0 Å². The summed E-state index contributed by atoms with van der Waals surface area (Å²) in [7, 11) is 0. The van der Waals surface area contributed by atoms with Crippen LogP contribution < -0.4 is 15.5 Å². The molecule has 4 nitrogen and oxygen atoms in total. The second kappa shape index (κ2) is 7.92. The van der Waals surface area contributed by atoms with Crippen molar-refractivity contribution in [1.82, 2.24) is 5.32 Å². The quantitative estimate of drug-likeness (QED) is 0.451. The molecule has 1 saturated carbocycles. The maximum Gasteiger partial charge on any atom is 0.200 e. The number of hydrogen-bond donors (Lipinski definition) is 1. The molecule has 0 bridgehead atoms. The number of rotatable bonds is 9. The Balaban J connectivity index is 1.31. The SMILES string of the molecule is O=c1c2ccccc2oc2cc(OCCCCCCNC3CC3)ccc12. The maximum absolute atomic E-state index is 12.5. The maximum atomic E-state index is 12.5. The normalized spacial score (nSPS) is 14.2. The minimum absolute atomic E-state index is 0.00760. The van der Waals surface area contributed by atoms with Crippen molar-refractivity contribution in [2.45, 2.75) is 44.6 Å². The van der Waals surface area contributed by atoms with Crippen molar-refractivity contribution in [1.29, 1.82) is 0 Å². The van der Waals surface area contributed by atoms with Gasteiger partial charge in [-0.05, 0) is 56.5 Å². The van der Waals surface area contributed by atoms with Crippen LogP contribution >= 0.6 is 0 Å². The third kappa shape index (κ3) is 4.07. The van der Waals surface area contributed by atoms with Crippen molar-refractivity contribution >= 4 is 21.9 Å². The summed E-state index contributed by atoms with van der Waals surface area (Å²) < 4.78 is 11.7. The minimum Gasteiger partial charge on any atom is -0.493 e. The third-order valence-electron chi connectivity index (χ3n) is 4.90. The lowest BCUT2D eigenvalue weighted by molar-refractivity contribution is 0.304. The average Bonchev–Trinajstić information content (AvgIpc) is 3.48.